The molecule has 0 aromatic heterocycles. The van der Waals surface area contributed by atoms with Crippen molar-refractivity contribution in [3.63, 3.8) is 0 Å². The zero-order valence-electron chi connectivity index (χ0n) is 9.88. The fourth-order valence-electron chi connectivity index (χ4n) is 2.39. The third-order valence-electron chi connectivity index (χ3n) is 3.35. The summed E-state index contributed by atoms with van der Waals surface area (Å²) in [5.41, 5.74) is 0. The molecule has 0 N–H and O–H groups in total. The quantitative estimate of drug-likeness (QED) is 0.607. The van der Waals surface area contributed by atoms with E-state index in [0.717, 1.165) is 12.1 Å². The SMILES string of the molecule is CCC(C)N1C[N+](C)(C)CC1CC. The summed E-state index contributed by atoms with van der Waals surface area (Å²) in [6, 6.07) is 1.56. The van der Waals surface area contributed by atoms with E-state index >= 15 is 0 Å². The highest BCUT2D eigenvalue weighted by atomic mass is 15.5. The Morgan fingerprint density at radius 1 is 1.38 bits per heavy atom. The number of hydrogen-bond acceptors (Lipinski definition) is 1. The average Bonchev–Trinajstić information content (AvgIpc) is 2.39. The van der Waals surface area contributed by atoms with Crippen LogP contribution in [-0.4, -0.2) is 48.8 Å². The van der Waals surface area contributed by atoms with E-state index in [1.807, 2.05) is 0 Å². The van der Waals surface area contributed by atoms with Gasteiger partial charge in [-0.05, 0) is 19.8 Å². The second-order valence-corrected chi connectivity index (χ2v) is 5.09. The van der Waals surface area contributed by atoms with Crippen LogP contribution in [0.25, 0.3) is 0 Å². The molecule has 0 saturated carbocycles. The standard InChI is InChI=1S/C11H25N2/c1-6-10(3)12-9-13(4,5)8-11(12)7-2/h10-11H,6-9H2,1-5H3/q+1. The number of quaternary nitrogens is 1. The third kappa shape index (κ3) is 2.44. The Morgan fingerprint density at radius 3 is 2.46 bits per heavy atom. The van der Waals surface area contributed by atoms with Crippen molar-refractivity contribution in [2.75, 3.05) is 27.3 Å². The first kappa shape index (κ1) is 11.0. The smallest absolute Gasteiger partial charge is 0.135 e. The molecule has 2 nitrogen and oxygen atoms in total. The Labute approximate surface area is 83.1 Å². The molecule has 0 aromatic carbocycles. The van der Waals surface area contributed by atoms with Gasteiger partial charge in [-0.3, -0.25) is 0 Å². The zero-order valence-corrected chi connectivity index (χ0v) is 9.88. The van der Waals surface area contributed by atoms with Crippen LogP contribution in [0.4, 0.5) is 0 Å². The lowest BCUT2D eigenvalue weighted by atomic mass is 10.1. The second-order valence-electron chi connectivity index (χ2n) is 5.09. The predicted octanol–water partition coefficient (Wildman–Crippen LogP) is 1.91. The van der Waals surface area contributed by atoms with Crippen molar-refractivity contribution in [1.82, 2.24) is 4.90 Å². The Morgan fingerprint density at radius 2 is 2.00 bits per heavy atom. The van der Waals surface area contributed by atoms with Crippen molar-refractivity contribution in [3.8, 4) is 0 Å². The lowest BCUT2D eigenvalue weighted by Crippen LogP contribution is -2.41. The first-order chi connectivity index (χ1) is 6.00. The molecule has 0 amide bonds. The van der Waals surface area contributed by atoms with Gasteiger partial charge in [0.25, 0.3) is 0 Å². The van der Waals surface area contributed by atoms with E-state index in [-0.39, 0.29) is 0 Å². The summed E-state index contributed by atoms with van der Waals surface area (Å²) in [4.78, 5) is 2.68. The molecule has 0 bridgehead atoms. The van der Waals surface area contributed by atoms with Crippen molar-refractivity contribution in [1.29, 1.82) is 0 Å². The van der Waals surface area contributed by atoms with Crippen molar-refractivity contribution < 1.29 is 4.48 Å². The second kappa shape index (κ2) is 3.97. The van der Waals surface area contributed by atoms with Gasteiger partial charge < -0.3 is 4.48 Å². The van der Waals surface area contributed by atoms with Crippen LogP contribution in [0.1, 0.15) is 33.6 Å². The molecule has 1 aliphatic heterocycles. The minimum Gasteiger partial charge on any atom is -0.315 e. The number of likely N-dealkylation sites (N-methyl/N-ethyl adjacent to an activating group) is 1. The van der Waals surface area contributed by atoms with Crippen LogP contribution in [0.15, 0.2) is 0 Å². The van der Waals surface area contributed by atoms with E-state index in [0.29, 0.717) is 0 Å². The van der Waals surface area contributed by atoms with Gasteiger partial charge in [-0.2, -0.15) is 0 Å². The molecule has 1 heterocycles. The Bertz CT molecular complexity index is 165. The summed E-state index contributed by atoms with van der Waals surface area (Å²) in [7, 11) is 4.68. The van der Waals surface area contributed by atoms with Crippen molar-refractivity contribution in [3.05, 3.63) is 0 Å². The third-order valence-corrected chi connectivity index (χ3v) is 3.35. The summed E-state index contributed by atoms with van der Waals surface area (Å²) in [6.07, 6.45) is 2.57. The number of hydrogen-bond donors (Lipinski definition) is 0. The average molecular weight is 185 g/mol. The molecule has 2 heteroatoms. The van der Waals surface area contributed by atoms with Gasteiger partial charge >= 0.3 is 0 Å². The molecule has 0 spiro atoms. The lowest BCUT2D eigenvalue weighted by Gasteiger charge is -2.27. The van der Waals surface area contributed by atoms with E-state index in [1.165, 1.54) is 30.5 Å². The van der Waals surface area contributed by atoms with Gasteiger partial charge in [0.05, 0.1) is 26.7 Å². The maximum atomic E-state index is 2.68. The van der Waals surface area contributed by atoms with Gasteiger partial charge in [-0.15, -0.1) is 0 Å². The molecule has 0 aliphatic carbocycles. The summed E-state index contributed by atoms with van der Waals surface area (Å²) in [6.45, 7) is 9.50. The van der Waals surface area contributed by atoms with Crippen LogP contribution in [0.3, 0.4) is 0 Å². The van der Waals surface area contributed by atoms with Gasteiger partial charge in [0, 0.05) is 6.04 Å². The minimum atomic E-state index is 0.754. The first-order valence-corrected chi connectivity index (χ1v) is 5.58. The topological polar surface area (TPSA) is 3.24 Å². The molecular formula is C11H25N2+. The van der Waals surface area contributed by atoms with Crippen LogP contribution < -0.4 is 0 Å². The molecule has 1 rings (SSSR count). The number of rotatable bonds is 3. The molecule has 2 atom stereocenters. The van der Waals surface area contributed by atoms with E-state index < -0.39 is 0 Å². The van der Waals surface area contributed by atoms with Crippen LogP contribution >= 0.6 is 0 Å². The molecule has 1 fully saturated rings. The van der Waals surface area contributed by atoms with Crippen LogP contribution in [0.2, 0.25) is 0 Å². The highest BCUT2D eigenvalue weighted by molar-refractivity contribution is 4.77. The minimum absolute atomic E-state index is 0.754. The molecule has 0 radical (unpaired) electrons. The fourth-order valence-corrected chi connectivity index (χ4v) is 2.39. The van der Waals surface area contributed by atoms with Crippen LogP contribution in [-0.2, 0) is 0 Å². The largest absolute Gasteiger partial charge is 0.315 e. The summed E-state index contributed by atoms with van der Waals surface area (Å²) in [5.74, 6) is 0. The molecule has 1 aliphatic rings. The highest BCUT2D eigenvalue weighted by Crippen LogP contribution is 2.23. The zero-order chi connectivity index (χ0) is 10.1. The summed E-state index contributed by atoms with van der Waals surface area (Å²) < 4.78 is 1.17. The van der Waals surface area contributed by atoms with E-state index in [9.17, 15) is 0 Å². The van der Waals surface area contributed by atoms with Gasteiger partial charge in [-0.25, -0.2) is 4.90 Å². The normalized spacial score (nSPS) is 30.7. The lowest BCUT2D eigenvalue weighted by molar-refractivity contribution is -0.883. The molecule has 2 unspecified atom stereocenters. The monoisotopic (exact) mass is 185 g/mol. The predicted molar refractivity (Wildman–Crippen MR) is 57.5 cm³/mol. The maximum absolute atomic E-state index is 2.68. The Balaban J connectivity index is 2.63. The van der Waals surface area contributed by atoms with Crippen LogP contribution in [0, 0.1) is 0 Å². The van der Waals surface area contributed by atoms with Gasteiger partial charge in [0.2, 0.25) is 0 Å². The summed E-state index contributed by atoms with van der Waals surface area (Å²) >= 11 is 0. The van der Waals surface area contributed by atoms with E-state index in [1.54, 1.807) is 0 Å². The van der Waals surface area contributed by atoms with Gasteiger partial charge in [0.1, 0.15) is 6.67 Å². The first-order valence-electron chi connectivity index (χ1n) is 5.58. The number of nitrogens with zero attached hydrogens (tertiary/aromatic N) is 2. The van der Waals surface area contributed by atoms with Crippen molar-refractivity contribution in [2.45, 2.75) is 45.7 Å². The highest BCUT2D eigenvalue weighted by Gasteiger charge is 2.38. The molecule has 78 valence electrons. The summed E-state index contributed by atoms with van der Waals surface area (Å²) in [5, 5.41) is 0. The fraction of sp³-hybridized carbons (Fsp3) is 1.00. The molecule has 13 heavy (non-hydrogen) atoms. The Kier molecular flexibility index (Phi) is 3.36. The van der Waals surface area contributed by atoms with Gasteiger partial charge in [-0.1, -0.05) is 13.8 Å². The maximum Gasteiger partial charge on any atom is 0.135 e. The molecule has 1 saturated heterocycles. The van der Waals surface area contributed by atoms with Crippen LogP contribution in [0.5, 0.6) is 0 Å². The van der Waals surface area contributed by atoms with E-state index in [4.69, 9.17) is 0 Å². The molecule has 0 aromatic rings. The van der Waals surface area contributed by atoms with Gasteiger partial charge in [0.15, 0.2) is 0 Å². The molecular weight excluding hydrogens is 160 g/mol. The van der Waals surface area contributed by atoms with Crippen molar-refractivity contribution >= 4 is 0 Å². The van der Waals surface area contributed by atoms with E-state index in [2.05, 4.69) is 39.8 Å². The Hall–Kier alpha value is -0.0800. The van der Waals surface area contributed by atoms with Crippen molar-refractivity contribution in [2.24, 2.45) is 0 Å².